The van der Waals surface area contributed by atoms with Gasteiger partial charge in [0.2, 0.25) is 0 Å². The second-order valence-electron chi connectivity index (χ2n) is 5.48. The predicted octanol–water partition coefficient (Wildman–Crippen LogP) is 3.86. The molecule has 0 saturated heterocycles. The Kier molecular flexibility index (Phi) is 3.38. The first-order valence-electron chi connectivity index (χ1n) is 6.38. The molecule has 1 aliphatic carbocycles. The number of benzene rings is 1. The third-order valence-corrected chi connectivity index (χ3v) is 3.90. The second-order valence-corrected chi connectivity index (χ2v) is 5.48. The maximum Gasteiger partial charge on any atom is 0.101 e. The summed E-state index contributed by atoms with van der Waals surface area (Å²) in [6.07, 6.45) is 5.29. The highest BCUT2D eigenvalue weighted by molar-refractivity contribution is 5.62. The van der Waals surface area contributed by atoms with Crippen LogP contribution in [0, 0.1) is 23.7 Å². The van der Waals surface area contributed by atoms with Gasteiger partial charge in [0.05, 0.1) is 11.3 Å². The third-order valence-electron chi connectivity index (χ3n) is 3.90. The molecule has 1 aliphatic rings. The minimum absolute atomic E-state index is 0.412. The van der Waals surface area contributed by atoms with Gasteiger partial charge in [0.25, 0.3) is 0 Å². The molecule has 0 spiro atoms. The summed E-state index contributed by atoms with van der Waals surface area (Å²) in [5.41, 5.74) is 3.34. The molecule has 0 radical (unpaired) electrons. The van der Waals surface area contributed by atoms with Crippen LogP contribution in [0.2, 0.25) is 0 Å². The van der Waals surface area contributed by atoms with Crippen LogP contribution >= 0.6 is 0 Å². The maximum absolute atomic E-state index is 9.11. The molecule has 1 saturated carbocycles. The molecule has 0 bridgehead atoms. The Bertz CT molecular complexity index is 437. The highest BCUT2D eigenvalue weighted by atomic mass is 14.9. The van der Waals surface area contributed by atoms with Crippen LogP contribution in [0.15, 0.2) is 18.2 Å². The molecule has 0 aromatic heterocycles. The van der Waals surface area contributed by atoms with E-state index in [0.717, 1.165) is 23.4 Å². The van der Waals surface area contributed by atoms with Crippen LogP contribution in [-0.2, 0) is 0 Å². The molecule has 1 aromatic rings. The number of aryl methyl sites for hydroxylation is 1. The molecule has 1 fully saturated rings. The van der Waals surface area contributed by atoms with Gasteiger partial charge in [-0.3, -0.25) is 0 Å². The molecule has 1 N–H and O–H groups in total. The molecule has 0 unspecified atom stereocenters. The molecule has 17 heavy (non-hydrogen) atoms. The van der Waals surface area contributed by atoms with E-state index in [1.165, 1.54) is 25.7 Å². The summed E-state index contributed by atoms with van der Waals surface area (Å²) < 4.78 is 0. The van der Waals surface area contributed by atoms with Gasteiger partial charge in [0, 0.05) is 6.54 Å². The number of para-hydroxylation sites is 1. The van der Waals surface area contributed by atoms with Crippen molar-refractivity contribution in [3.05, 3.63) is 29.3 Å². The Hall–Kier alpha value is -1.49. The highest BCUT2D eigenvalue weighted by Crippen LogP contribution is 2.37. The average Bonchev–Trinajstić information content (AvgIpc) is 2.75. The summed E-state index contributed by atoms with van der Waals surface area (Å²) in [5, 5.41) is 12.6. The van der Waals surface area contributed by atoms with Crippen LogP contribution in [0.1, 0.15) is 43.7 Å². The first-order chi connectivity index (χ1) is 8.14. The van der Waals surface area contributed by atoms with Crippen molar-refractivity contribution in [3.8, 4) is 6.07 Å². The lowest BCUT2D eigenvalue weighted by atomic mass is 9.88. The molecule has 2 nitrogen and oxygen atoms in total. The largest absolute Gasteiger partial charge is 0.383 e. The number of hydrogen-bond donors (Lipinski definition) is 1. The Labute approximate surface area is 104 Å². The van der Waals surface area contributed by atoms with Gasteiger partial charge in [-0.05, 0) is 36.8 Å². The van der Waals surface area contributed by atoms with Crippen molar-refractivity contribution < 1.29 is 0 Å². The van der Waals surface area contributed by atoms with Gasteiger partial charge in [-0.2, -0.15) is 5.26 Å². The Morgan fingerprint density at radius 2 is 2.06 bits per heavy atom. The number of nitrogens with one attached hydrogen (secondary N) is 1. The fourth-order valence-corrected chi connectivity index (χ4v) is 2.70. The summed E-state index contributed by atoms with van der Waals surface area (Å²) in [6.45, 7) is 5.38. The van der Waals surface area contributed by atoms with Crippen molar-refractivity contribution in [3.63, 3.8) is 0 Å². The van der Waals surface area contributed by atoms with Crippen LogP contribution in [0.3, 0.4) is 0 Å². The van der Waals surface area contributed by atoms with Crippen molar-refractivity contribution >= 4 is 5.69 Å². The molecule has 2 rings (SSSR count). The van der Waals surface area contributed by atoms with E-state index in [0.29, 0.717) is 5.41 Å². The minimum atomic E-state index is 0.412. The van der Waals surface area contributed by atoms with E-state index >= 15 is 0 Å². The summed E-state index contributed by atoms with van der Waals surface area (Å²) >= 11 is 0. The molecule has 0 amide bonds. The zero-order chi connectivity index (χ0) is 12.3. The van der Waals surface area contributed by atoms with Crippen LogP contribution in [-0.4, -0.2) is 6.54 Å². The van der Waals surface area contributed by atoms with E-state index in [9.17, 15) is 0 Å². The van der Waals surface area contributed by atoms with Gasteiger partial charge >= 0.3 is 0 Å². The first-order valence-corrected chi connectivity index (χ1v) is 6.38. The van der Waals surface area contributed by atoms with Crippen LogP contribution < -0.4 is 5.32 Å². The Morgan fingerprint density at radius 3 is 2.71 bits per heavy atom. The lowest BCUT2D eigenvalue weighted by Gasteiger charge is -2.25. The number of nitrogens with zero attached hydrogens (tertiary/aromatic N) is 1. The number of anilines is 1. The lowest BCUT2D eigenvalue weighted by molar-refractivity contribution is 0.362. The highest BCUT2D eigenvalue weighted by Gasteiger charge is 2.28. The molecule has 0 atom stereocenters. The normalized spacial score (nSPS) is 17.7. The van der Waals surface area contributed by atoms with Crippen molar-refractivity contribution in [1.29, 1.82) is 5.26 Å². The molecular weight excluding hydrogens is 208 g/mol. The van der Waals surface area contributed by atoms with Gasteiger partial charge in [-0.1, -0.05) is 31.9 Å². The minimum Gasteiger partial charge on any atom is -0.383 e. The monoisotopic (exact) mass is 228 g/mol. The number of nitriles is 1. The average molecular weight is 228 g/mol. The summed E-state index contributed by atoms with van der Waals surface area (Å²) in [5.74, 6) is 0. The van der Waals surface area contributed by atoms with E-state index in [1.54, 1.807) is 0 Å². The van der Waals surface area contributed by atoms with Crippen LogP contribution in [0.5, 0.6) is 0 Å². The standard InChI is InChI=1S/C15H20N2/c1-12-6-5-7-13(10-16)14(12)17-11-15(2)8-3-4-9-15/h5-7,17H,3-4,8-9,11H2,1-2H3. The van der Waals surface area contributed by atoms with E-state index in [-0.39, 0.29) is 0 Å². The molecule has 0 aliphatic heterocycles. The van der Waals surface area contributed by atoms with E-state index in [1.807, 2.05) is 12.1 Å². The first kappa shape index (κ1) is 12.0. The van der Waals surface area contributed by atoms with Gasteiger partial charge < -0.3 is 5.32 Å². The van der Waals surface area contributed by atoms with E-state index in [2.05, 4.69) is 31.3 Å². The van der Waals surface area contributed by atoms with Gasteiger partial charge in [0.1, 0.15) is 6.07 Å². The van der Waals surface area contributed by atoms with Gasteiger partial charge in [0.15, 0.2) is 0 Å². The van der Waals surface area contributed by atoms with Crippen molar-refractivity contribution in [1.82, 2.24) is 0 Å². The number of rotatable bonds is 3. The zero-order valence-corrected chi connectivity index (χ0v) is 10.7. The predicted molar refractivity (Wildman–Crippen MR) is 71.0 cm³/mol. The molecule has 1 aromatic carbocycles. The third kappa shape index (κ3) is 2.61. The fraction of sp³-hybridized carbons (Fsp3) is 0.533. The summed E-state index contributed by atoms with van der Waals surface area (Å²) in [7, 11) is 0. The van der Waals surface area contributed by atoms with Crippen LogP contribution in [0.25, 0.3) is 0 Å². The SMILES string of the molecule is Cc1cccc(C#N)c1NCC1(C)CCCC1. The number of hydrogen-bond acceptors (Lipinski definition) is 2. The lowest BCUT2D eigenvalue weighted by Crippen LogP contribution is -2.23. The molecule has 0 heterocycles. The smallest absolute Gasteiger partial charge is 0.101 e. The maximum atomic E-state index is 9.11. The molecule has 2 heteroatoms. The fourth-order valence-electron chi connectivity index (χ4n) is 2.70. The quantitative estimate of drug-likeness (QED) is 0.852. The summed E-state index contributed by atoms with van der Waals surface area (Å²) in [4.78, 5) is 0. The zero-order valence-electron chi connectivity index (χ0n) is 10.7. The van der Waals surface area contributed by atoms with Crippen molar-refractivity contribution in [2.75, 3.05) is 11.9 Å². The summed E-state index contributed by atoms with van der Waals surface area (Å²) in [6, 6.07) is 8.14. The molecular formula is C15H20N2. The van der Waals surface area contributed by atoms with Gasteiger partial charge in [-0.25, -0.2) is 0 Å². The van der Waals surface area contributed by atoms with E-state index < -0.39 is 0 Å². The van der Waals surface area contributed by atoms with Gasteiger partial charge in [-0.15, -0.1) is 0 Å². The second kappa shape index (κ2) is 4.79. The molecule has 90 valence electrons. The van der Waals surface area contributed by atoms with Crippen molar-refractivity contribution in [2.45, 2.75) is 39.5 Å². The Balaban J connectivity index is 2.11. The topological polar surface area (TPSA) is 35.8 Å². The van der Waals surface area contributed by atoms with Crippen molar-refractivity contribution in [2.24, 2.45) is 5.41 Å². The Morgan fingerprint density at radius 1 is 1.35 bits per heavy atom. The van der Waals surface area contributed by atoms with Crippen LogP contribution in [0.4, 0.5) is 5.69 Å². The van der Waals surface area contributed by atoms with E-state index in [4.69, 9.17) is 5.26 Å².